The minimum atomic E-state index is -0.779. The van der Waals surface area contributed by atoms with Gasteiger partial charge in [-0.3, -0.25) is 19.7 Å². The second-order valence-corrected chi connectivity index (χ2v) is 7.89. The van der Waals surface area contributed by atoms with Gasteiger partial charge in [-0.05, 0) is 42.7 Å². The lowest BCUT2D eigenvalue weighted by Crippen LogP contribution is -2.46. The van der Waals surface area contributed by atoms with Gasteiger partial charge in [0.1, 0.15) is 11.7 Å². The van der Waals surface area contributed by atoms with Crippen LogP contribution in [-0.2, 0) is 17.8 Å². The van der Waals surface area contributed by atoms with E-state index >= 15 is 0 Å². The molecule has 0 radical (unpaired) electrons. The molecule has 1 aliphatic rings. The molecule has 168 valence electrons. The molecule has 1 atom stereocenters. The first-order chi connectivity index (χ1) is 15.9. The highest BCUT2D eigenvalue weighted by Gasteiger charge is 2.29. The molecule has 1 unspecified atom stereocenters. The van der Waals surface area contributed by atoms with Gasteiger partial charge in [-0.2, -0.15) is 0 Å². The lowest BCUT2D eigenvalue weighted by atomic mass is 10.1. The van der Waals surface area contributed by atoms with Crippen molar-refractivity contribution in [2.75, 3.05) is 16.8 Å². The summed E-state index contributed by atoms with van der Waals surface area (Å²) in [4.78, 5) is 38.4. The van der Waals surface area contributed by atoms with Crippen LogP contribution in [0.25, 0.3) is 0 Å². The predicted octanol–water partition coefficient (Wildman–Crippen LogP) is 3.91. The lowest BCUT2D eigenvalue weighted by molar-refractivity contribution is -0.384. The van der Waals surface area contributed by atoms with Gasteiger partial charge < -0.3 is 15.5 Å². The number of rotatable bonds is 7. The summed E-state index contributed by atoms with van der Waals surface area (Å²) >= 11 is 0. The molecule has 2 amide bonds. The van der Waals surface area contributed by atoms with Gasteiger partial charge in [-0.1, -0.05) is 48.5 Å². The summed E-state index contributed by atoms with van der Waals surface area (Å²) in [7, 11) is 0. The largest absolute Gasteiger partial charge is 0.375 e. The molecule has 0 aliphatic carbocycles. The third-order valence-corrected chi connectivity index (χ3v) is 5.65. The number of anilines is 2. The fourth-order valence-electron chi connectivity index (χ4n) is 3.91. The monoisotopic (exact) mass is 444 g/mol. The van der Waals surface area contributed by atoms with E-state index in [2.05, 4.69) is 10.6 Å². The average molecular weight is 444 g/mol. The minimum absolute atomic E-state index is 0.119. The van der Waals surface area contributed by atoms with Gasteiger partial charge in [-0.15, -0.1) is 0 Å². The van der Waals surface area contributed by atoms with Crippen molar-refractivity contribution in [3.05, 3.63) is 99.6 Å². The number of amides is 2. The van der Waals surface area contributed by atoms with Gasteiger partial charge in [0.05, 0.1) is 4.92 Å². The number of benzene rings is 3. The number of nitrogens with one attached hydrogen (secondary N) is 2. The van der Waals surface area contributed by atoms with Crippen molar-refractivity contribution >= 4 is 28.9 Å². The zero-order valence-corrected chi connectivity index (χ0v) is 18.2. The fourth-order valence-corrected chi connectivity index (χ4v) is 3.91. The Labute approximate surface area is 191 Å². The summed E-state index contributed by atoms with van der Waals surface area (Å²) in [5.74, 6) is -0.759. The SMILES string of the molecule is CC(NC(=O)c1ccc(NCc2ccccc2)c([N+](=O)[O-])c1)C(=O)N1CCc2ccccc21. The van der Waals surface area contributed by atoms with Crippen LogP contribution in [0.2, 0.25) is 0 Å². The van der Waals surface area contributed by atoms with Gasteiger partial charge in [0.2, 0.25) is 5.91 Å². The molecule has 0 aromatic heterocycles. The van der Waals surface area contributed by atoms with Crippen LogP contribution in [0.15, 0.2) is 72.8 Å². The number of para-hydroxylation sites is 1. The number of carbonyl (C=O) groups excluding carboxylic acids is 2. The number of hydrogen-bond acceptors (Lipinski definition) is 5. The van der Waals surface area contributed by atoms with E-state index < -0.39 is 16.9 Å². The molecular weight excluding hydrogens is 420 g/mol. The van der Waals surface area contributed by atoms with Gasteiger partial charge in [0, 0.05) is 30.4 Å². The predicted molar refractivity (Wildman–Crippen MR) is 126 cm³/mol. The van der Waals surface area contributed by atoms with Crippen molar-refractivity contribution in [1.29, 1.82) is 0 Å². The molecule has 33 heavy (non-hydrogen) atoms. The molecule has 1 heterocycles. The van der Waals surface area contributed by atoms with E-state index in [1.165, 1.54) is 18.2 Å². The van der Waals surface area contributed by atoms with Gasteiger partial charge >= 0.3 is 0 Å². The topological polar surface area (TPSA) is 105 Å². The molecule has 0 bridgehead atoms. The molecule has 0 saturated carbocycles. The summed E-state index contributed by atoms with van der Waals surface area (Å²) in [6, 6.07) is 20.7. The van der Waals surface area contributed by atoms with E-state index in [1.807, 2.05) is 54.6 Å². The van der Waals surface area contributed by atoms with Crippen LogP contribution in [0.5, 0.6) is 0 Å². The Morgan fingerprint density at radius 1 is 1.06 bits per heavy atom. The number of fused-ring (bicyclic) bond motifs is 1. The number of nitrogens with zero attached hydrogens (tertiary/aromatic N) is 2. The number of nitro groups is 1. The Balaban J connectivity index is 1.45. The van der Waals surface area contributed by atoms with E-state index in [9.17, 15) is 19.7 Å². The first kappa shape index (κ1) is 22.0. The summed E-state index contributed by atoms with van der Waals surface area (Å²) in [6.45, 7) is 2.59. The third kappa shape index (κ3) is 4.85. The molecule has 0 spiro atoms. The van der Waals surface area contributed by atoms with Crippen LogP contribution in [0.1, 0.15) is 28.4 Å². The van der Waals surface area contributed by atoms with Crippen LogP contribution in [0.3, 0.4) is 0 Å². The van der Waals surface area contributed by atoms with E-state index in [0.717, 1.165) is 23.2 Å². The van der Waals surface area contributed by atoms with Crippen molar-refractivity contribution in [2.45, 2.75) is 25.9 Å². The molecule has 8 heteroatoms. The number of nitro benzene ring substituents is 1. The van der Waals surface area contributed by atoms with Crippen LogP contribution < -0.4 is 15.5 Å². The summed E-state index contributed by atoms with van der Waals surface area (Å²) < 4.78 is 0. The molecule has 4 rings (SSSR count). The summed E-state index contributed by atoms with van der Waals surface area (Å²) in [5.41, 5.74) is 3.16. The first-order valence-corrected chi connectivity index (χ1v) is 10.7. The van der Waals surface area contributed by atoms with E-state index in [0.29, 0.717) is 18.8 Å². The summed E-state index contributed by atoms with van der Waals surface area (Å²) in [5, 5.41) is 17.3. The summed E-state index contributed by atoms with van der Waals surface area (Å²) in [6.07, 6.45) is 0.770. The zero-order valence-electron chi connectivity index (χ0n) is 18.2. The van der Waals surface area contributed by atoms with Crippen molar-refractivity contribution in [1.82, 2.24) is 5.32 Å². The lowest BCUT2D eigenvalue weighted by Gasteiger charge is -2.22. The molecule has 0 saturated heterocycles. The molecular formula is C25H24N4O4. The van der Waals surface area contributed by atoms with Crippen molar-refractivity contribution in [3.8, 4) is 0 Å². The second-order valence-electron chi connectivity index (χ2n) is 7.89. The van der Waals surface area contributed by atoms with Crippen molar-refractivity contribution in [3.63, 3.8) is 0 Å². The Morgan fingerprint density at radius 2 is 1.79 bits per heavy atom. The standard InChI is InChI=1S/C25H24N4O4/c1-17(25(31)28-14-13-19-9-5-6-10-22(19)28)27-24(30)20-11-12-21(23(15-20)29(32)33)26-16-18-7-3-2-4-8-18/h2-12,15,17,26H,13-14,16H2,1H3,(H,27,30). The van der Waals surface area contributed by atoms with Crippen LogP contribution in [-0.4, -0.2) is 29.3 Å². The van der Waals surface area contributed by atoms with Crippen LogP contribution in [0, 0.1) is 10.1 Å². The average Bonchev–Trinajstić information content (AvgIpc) is 3.26. The van der Waals surface area contributed by atoms with E-state index in [-0.39, 0.29) is 17.2 Å². The quantitative estimate of drug-likeness (QED) is 0.425. The Bertz CT molecular complexity index is 1200. The Kier molecular flexibility index (Phi) is 6.35. The highest BCUT2D eigenvalue weighted by molar-refractivity contribution is 6.03. The minimum Gasteiger partial charge on any atom is -0.375 e. The Hall–Kier alpha value is -4.20. The van der Waals surface area contributed by atoms with Gasteiger partial charge in [0.15, 0.2) is 0 Å². The maximum absolute atomic E-state index is 12.9. The second kappa shape index (κ2) is 9.52. The fraction of sp³-hybridized carbons (Fsp3) is 0.200. The maximum Gasteiger partial charge on any atom is 0.293 e. The van der Waals surface area contributed by atoms with Crippen LogP contribution in [0.4, 0.5) is 17.1 Å². The molecule has 1 aliphatic heterocycles. The number of carbonyl (C=O) groups is 2. The number of hydrogen-bond donors (Lipinski definition) is 2. The maximum atomic E-state index is 12.9. The Morgan fingerprint density at radius 3 is 2.55 bits per heavy atom. The first-order valence-electron chi connectivity index (χ1n) is 10.7. The molecule has 0 fully saturated rings. The molecule has 3 aromatic rings. The van der Waals surface area contributed by atoms with Crippen molar-refractivity contribution < 1.29 is 14.5 Å². The van der Waals surface area contributed by atoms with Crippen molar-refractivity contribution in [2.24, 2.45) is 0 Å². The van der Waals surface area contributed by atoms with Crippen LogP contribution >= 0.6 is 0 Å². The third-order valence-electron chi connectivity index (χ3n) is 5.65. The molecule has 3 aromatic carbocycles. The van der Waals surface area contributed by atoms with E-state index in [4.69, 9.17) is 0 Å². The zero-order chi connectivity index (χ0) is 23.4. The normalized spacial score (nSPS) is 13.2. The van der Waals surface area contributed by atoms with E-state index in [1.54, 1.807) is 11.8 Å². The smallest absolute Gasteiger partial charge is 0.293 e. The van der Waals surface area contributed by atoms with Gasteiger partial charge in [0.25, 0.3) is 11.6 Å². The highest BCUT2D eigenvalue weighted by Crippen LogP contribution is 2.28. The molecule has 2 N–H and O–H groups in total. The molecule has 8 nitrogen and oxygen atoms in total. The van der Waals surface area contributed by atoms with Gasteiger partial charge in [-0.25, -0.2) is 0 Å². The highest BCUT2D eigenvalue weighted by atomic mass is 16.6.